The topological polar surface area (TPSA) is 76.3 Å². The van der Waals surface area contributed by atoms with Crippen LogP contribution in [0.4, 0.5) is 4.39 Å². The minimum absolute atomic E-state index is 0.0164. The van der Waals surface area contributed by atoms with Crippen molar-refractivity contribution in [1.29, 1.82) is 0 Å². The van der Waals surface area contributed by atoms with Crippen molar-refractivity contribution < 1.29 is 18.4 Å². The SMILES string of the molecule is CN(C(=O)CSc1nnc(-c2ccccc2F)o1)C1(c2ccccc2Cl)CCCCC1=O. The first-order valence-corrected chi connectivity index (χ1v) is 11.6. The summed E-state index contributed by atoms with van der Waals surface area (Å²) in [6, 6.07) is 13.2. The Kier molecular flexibility index (Phi) is 6.62. The number of aromatic nitrogens is 2. The minimum atomic E-state index is -1.10. The Balaban J connectivity index is 1.53. The molecule has 32 heavy (non-hydrogen) atoms. The zero-order valence-electron chi connectivity index (χ0n) is 17.4. The molecule has 6 nitrogen and oxygen atoms in total. The van der Waals surface area contributed by atoms with Gasteiger partial charge in [0, 0.05) is 24.1 Å². The van der Waals surface area contributed by atoms with Gasteiger partial charge in [0.05, 0.1) is 11.3 Å². The third-order valence-electron chi connectivity index (χ3n) is 5.75. The second-order valence-corrected chi connectivity index (χ2v) is 8.90. The van der Waals surface area contributed by atoms with Gasteiger partial charge in [-0.25, -0.2) is 4.39 Å². The van der Waals surface area contributed by atoms with E-state index in [0.29, 0.717) is 23.4 Å². The normalized spacial score (nSPS) is 18.5. The molecular weight excluding hydrogens is 453 g/mol. The molecule has 9 heteroatoms. The number of rotatable bonds is 6. The van der Waals surface area contributed by atoms with E-state index in [-0.39, 0.29) is 34.1 Å². The fourth-order valence-corrected chi connectivity index (χ4v) is 5.04. The van der Waals surface area contributed by atoms with E-state index in [0.717, 1.165) is 24.6 Å². The molecule has 0 aliphatic heterocycles. The molecule has 1 unspecified atom stereocenters. The number of hydrogen-bond acceptors (Lipinski definition) is 6. The number of nitrogens with zero attached hydrogens (tertiary/aromatic N) is 3. The largest absolute Gasteiger partial charge is 0.411 e. The van der Waals surface area contributed by atoms with Crippen LogP contribution in [-0.2, 0) is 15.1 Å². The molecule has 0 spiro atoms. The van der Waals surface area contributed by atoms with E-state index >= 15 is 0 Å². The lowest BCUT2D eigenvalue weighted by atomic mass is 9.74. The van der Waals surface area contributed by atoms with Crippen molar-refractivity contribution >= 4 is 35.1 Å². The highest BCUT2D eigenvalue weighted by atomic mass is 35.5. The lowest BCUT2D eigenvalue weighted by molar-refractivity contribution is -0.146. The predicted octanol–water partition coefficient (Wildman–Crippen LogP) is 5.12. The summed E-state index contributed by atoms with van der Waals surface area (Å²) in [5, 5.41) is 8.38. The fraction of sp³-hybridized carbons (Fsp3) is 0.304. The van der Waals surface area contributed by atoms with Gasteiger partial charge >= 0.3 is 0 Å². The molecule has 1 saturated carbocycles. The number of hydrogen-bond donors (Lipinski definition) is 0. The molecule has 1 amide bonds. The number of thioether (sulfide) groups is 1. The van der Waals surface area contributed by atoms with Gasteiger partial charge < -0.3 is 9.32 Å². The molecule has 3 aromatic rings. The van der Waals surface area contributed by atoms with Gasteiger partial charge in [-0.15, -0.1) is 10.2 Å². The van der Waals surface area contributed by atoms with Crippen molar-refractivity contribution in [2.45, 2.75) is 36.4 Å². The van der Waals surface area contributed by atoms with E-state index in [1.807, 2.05) is 6.07 Å². The number of ketones is 1. The zero-order valence-corrected chi connectivity index (χ0v) is 19.0. The van der Waals surface area contributed by atoms with E-state index in [4.69, 9.17) is 16.0 Å². The van der Waals surface area contributed by atoms with Crippen LogP contribution in [0.2, 0.25) is 5.02 Å². The van der Waals surface area contributed by atoms with Gasteiger partial charge in [0.25, 0.3) is 11.1 Å². The molecule has 166 valence electrons. The summed E-state index contributed by atoms with van der Waals surface area (Å²) in [4.78, 5) is 27.8. The molecule has 2 aromatic carbocycles. The first kappa shape index (κ1) is 22.5. The summed E-state index contributed by atoms with van der Waals surface area (Å²) in [5.41, 5.74) is -0.255. The number of halogens is 2. The summed E-state index contributed by atoms with van der Waals surface area (Å²) in [7, 11) is 1.63. The monoisotopic (exact) mass is 473 g/mol. The summed E-state index contributed by atoms with van der Waals surface area (Å²) in [5.74, 6) is -0.731. The quantitative estimate of drug-likeness (QED) is 0.462. The second-order valence-electron chi connectivity index (χ2n) is 7.56. The van der Waals surface area contributed by atoms with Gasteiger partial charge in [-0.1, -0.05) is 53.7 Å². The number of carbonyl (C=O) groups is 2. The molecule has 0 radical (unpaired) electrons. The highest BCUT2D eigenvalue weighted by molar-refractivity contribution is 7.99. The van der Waals surface area contributed by atoms with Gasteiger partial charge in [-0.3, -0.25) is 9.59 Å². The molecular formula is C23H21ClFN3O3S. The summed E-state index contributed by atoms with van der Waals surface area (Å²) in [6.45, 7) is 0. The lowest BCUT2D eigenvalue weighted by Crippen LogP contribution is -2.54. The van der Waals surface area contributed by atoms with E-state index in [1.54, 1.807) is 37.4 Å². The van der Waals surface area contributed by atoms with Crippen LogP contribution in [0.25, 0.3) is 11.5 Å². The summed E-state index contributed by atoms with van der Waals surface area (Å²) >= 11 is 7.49. The number of Topliss-reactive ketones (excluding diaryl/α,β-unsaturated/α-hetero) is 1. The molecule has 0 N–H and O–H groups in total. The van der Waals surface area contributed by atoms with Gasteiger partial charge in [-0.2, -0.15) is 0 Å². The standard InChI is InChI=1S/C23H21ClFN3O3S/c1-28(23(13-7-6-12-19(23)29)16-9-3-4-10-17(16)24)20(30)14-32-22-27-26-21(31-22)15-8-2-5-11-18(15)25/h2-5,8-11H,6-7,12-14H2,1H3. The average Bonchev–Trinajstić information content (AvgIpc) is 3.27. The van der Waals surface area contributed by atoms with Crippen LogP contribution < -0.4 is 0 Å². The first-order chi connectivity index (χ1) is 15.4. The van der Waals surface area contributed by atoms with Crippen LogP contribution in [0.3, 0.4) is 0 Å². The van der Waals surface area contributed by atoms with Crippen LogP contribution in [0.1, 0.15) is 31.2 Å². The molecule has 1 aliphatic rings. The van der Waals surface area contributed by atoms with E-state index in [9.17, 15) is 14.0 Å². The highest BCUT2D eigenvalue weighted by Crippen LogP contribution is 2.42. The molecule has 1 fully saturated rings. The predicted molar refractivity (Wildman–Crippen MR) is 120 cm³/mol. The van der Waals surface area contributed by atoms with Crippen molar-refractivity contribution in [2.24, 2.45) is 0 Å². The Morgan fingerprint density at radius 3 is 2.69 bits per heavy atom. The van der Waals surface area contributed by atoms with E-state index in [1.165, 1.54) is 17.0 Å². The maximum Gasteiger partial charge on any atom is 0.277 e. The van der Waals surface area contributed by atoms with Gasteiger partial charge in [-0.05, 0) is 37.5 Å². The number of benzene rings is 2. The summed E-state index contributed by atoms with van der Waals surface area (Å²) in [6.07, 6.45) is 2.52. The lowest BCUT2D eigenvalue weighted by Gasteiger charge is -2.44. The Labute approximate surface area is 194 Å². The second kappa shape index (κ2) is 9.42. The Hall–Kier alpha value is -2.71. The maximum absolute atomic E-state index is 13.9. The molecule has 0 bridgehead atoms. The van der Waals surface area contributed by atoms with Gasteiger partial charge in [0.1, 0.15) is 11.4 Å². The average molecular weight is 474 g/mol. The molecule has 1 atom stereocenters. The van der Waals surface area contributed by atoms with E-state index in [2.05, 4.69) is 10.2 Å². The van der Waals surface area contributed by atoms with Gasteiger partial charge in [0.15, 0.2) is 5.78 Å². The van der Waals surface area contributed by atoms with Crippen molar-refractivity contribution in [1.82, 2.24) is 15.1 Å². The number of carbonyl (C=O) groups excluding carboxylic acids is 2. The zero-order chi connectivity index (χ0) is 22.7. The van der Waals surface area contributed by atoms with Gasteiger partial charge in [0.2, 0.25) is 5.91 Å². The van der Waals surface area contributed by atoms with Crippen molar-refractivity contribution in [3.63, 3.8) is 0 Å². The third kappa shape index (κ3) is 4.17. The number of likely N-dealkylation sites (N-methyl/N-ethyl adjacent to an activating group) is 1. The van der Waals surface area contributed by atoms with Crippen molar-refractivity contribution in [2.75, 3.05) is 12.8 Å². The minimum Gasteiger partial charge on any atom is -0.411 e. The molecule has 1 aliphatic carbocycles. The van der Waals surface area contributed by atoms with Crippen LogP contribution >= 0.6 is 23.4 Å². The van der Waals surface area contributed by atoms with E-state index < -0.39 is 11.4 Å². The van der Waals surface area contributed by atoms with Crippen LogP contribution in [-0.4, -0.2) is 39.6 Å². The molecule has 1 heterocycles. The van der Waals surface area contributed by atoms with Crippen molar-refractivity contribution in [3.05, 3.63) is 64.9 Å². The molecule has 0 saturated heterocycles. The Bertz CT molecular complexity index is 1150. The number of amides is 1. The smallest absolute Gasteiger partial charge is 0.277 e. The van der Waals surface area contributed by atoms with Crippen molar-refractivity contribution in [3.8, 4) is 11.5 Å². The fourth-order valence-electron chi connectivity index (χ4n) is 4.07. The Morgan fingerprint density at radius 2 is 1.94 bits per heavy atom. The summed E-state index contributed by atoms with van der Waals surface area (Å²) < 4.78 is 19.5. The Morgan fingerprint density at radius 1 is 1.19 bits per heavy atom. The highest BCUT2D eigenvalue weighted by Gasteiger charge is 2.47. The molecule has 4 rings (SSSR count). The van der Waals surface area contributed by atoms with Crippen LogP contribution in [0.5, 0.6) is 0 Å². The first-order valence-electron chi connectivity index (χ1n) is 10.2. The molecule has 1 aromatic heterocycles. The van der Waals surface area contributed by atoms with Crippen LogP contribution in [0.15, 0.2) is 58.2 Å². The maximum atomic E-state index is 13.9. The third-order valence-corrected chi connectivity index (χ3v) is 6.88. The van der Waals surface area contributed by atoms with Crippen LogP contribution in [0, 0.1) is 5.82 Å².